The molecule has 31 heavy (non-hydrogen) atoms. The van der Waals surface area contributed by atoms with Crippen molar-refractivity contribution in [2.75, 3.05) is 19.8 Å². The van der Waals surface area contributed by atoms with E-state index in [4.69, 9.17) is 5.73 Å². The second kappa shape index (κ2) is 8.67. The van der Waals surface area contributed by atoms with Gasteiger partial charge in [-0.3, -0.25) is 0 Å². The van der Waals surface area contributed by atoms with Crippen molar-refractivity contribution in [2.45, 2.75) is 39.2 Å². The normalized spacial score (nSPS) is 15.2. The Labute approximate surface area is 187 Å². The maximum atomic E-state index is 12.1. The third kappa shape index (κ3) is 4.42. The van der Waals surface area contributed by atoms with Crippen molar-refractivity contribution < 1.29 is 4.79 Å². The summed E-state index contributed by atoms with van der Waals surface area (Å²) in [6, 6.07) is 12.4. The molecule has 0 saturated carbocycles. The van der Waals surface area contributed by atoms with E-state index in [0.717, 1.165) is 46.1 Å². The lowest BCUT2D eigenvalue weighted by Gasteiger charge is -2.18. The number of benzene rings is 2. The Bertz CT molecular complexity index is 1110. The van der Waals surface area contributed by atoms with Crippen LogP contribution < -0.4 is 11.1 Å². The number of nitrogens with two attached hydrogens (primary N) is 1. The summed E-state index contributed by atoms with van der Waals surface area (Å²) in [5.74, 6) is 0.563. The van der Waals surface area contributed by atoms with Gasteiger partial charge < -0.3 is 16.0 Å². The number of rotatable bonds is 5. The van der Waals surface area contributed by atoms with Gasteiger partial charge in [0, 0.05) is 30.9 Å². The average Bonchev–Trinajstić information content (AvgIpc) is 3.37. The molecule has 2 aromatic carbocycles. The fourth-order valence-corrected chi connectivity index (χ4v) is 4.98. The number of nitrogens with one attached hydrogen (secondary N) is 1. The lowest BCUT2D eigenvalue weighted by Crippen LogP contribution is -2.36. The van der Waals surface area contributed by atoms with Gasteiger partial charge in [-0.1, -0.05) is 55.5 Å². The first-order chi connectivity index (χ1) is 14.8. The molecule has 3 aromatic rings. The summed E-state index contributed by atoms with van der Waals surface area (Å²) < 4.78 is 0. The summed E-state index contributed by atoms with van der Waals surface area (Å²) in [5, 5.41) is 13.8. The molecule has 1 aliphatic rings. The summed E-state index contributed by atoms with van der Waals surface area (Å²) in [5.41, 5.74) is 12.8. The highest BCUT2D eigenvalue weighted by Gasteiger charge is 2.27. The van der Waals surface area contributed by atoms with Gasteiger partial charge in [0.15, 0.2) is 0 Å². The number of carbonyl (C=O) groups is 1. The summed E-state index contributed by atoms with van der Waals surface area (Å²) in [6.45, 7) is 4.39. The Morgan fingerprint density at radius 1 is 1.23 bits per heavy atom. The summed E-state index contributed by atoms with van der Waals surface area (Å²) in [4.78, 5) is 13.7. The first kappa shape index (κ1) is 21.3. The van der Waals surface area contributed by atoms with Gasteiger partial charge in [-0.2, -0.15) is 0 Å². The minimum atomic E-state index is -0.0695. The first-order valence-electron chi connectivity index (χ1n) is 10.7. The minimum Gasteiger partial charge on any atom is -0.398 e. The van der Waals surface area contributed by atoms with Crippen molar-refractivity contribution in [1.82, 2.24) is 20.4 Å². The third-order valence-electron chi connectivity index (χ3n) is 5.65. The Kier molecular flexibility index (Phi) is 5.96. The van der Waals surface area contributed by atoms with Crippen LogP contribution in [-0.2, 0) is 12.8 Å². The summed E-state index contributed by atoms with van der Waals surface area (Å²) >= 11 is 1.58. The molecule has 0 fully saturated rings. The van der Waals surface area contributed by atoms with Crippen LogP contribution in [0.15, 0.2) is 36.4 Å². The molecule has 3 N–H and O–H groups in total. The maximum absolute atomic E-state index is 12.1. The fraction of sp³-hybridized carbons (Fsp3) is 0.375. The van der Waals surface area contributed by atoms with Gasteiger partial charge in [0.05, 0.1) is 6.04 Å². The number of urea groups is 1. The number of nitrogen functional groups attached to an aromatic ring is 1. The van der Waals surface area contributed by atoms with E-state index in [-0.39, 0.29) is 12.1 Å². The third-order valence-corrected chi connectivity index (χ3v) is 6.66. The lowest BCUT2D eigenvalue weighted by molar-refractivity contribution is 0.213. The molecule has 2 amide bonds. The maximum Gasteiger partial charge on any atom is 0.317 e. The van der Waals surface area contributed by atoms with Crippen LogP contribution in [0.5, 0.6) is 0 Å². The van der Waals surface area contributed by atoms with Crippen LogP contribution in [0.1, 0.15) is 43.0 Å². The molecular formula is C24H29N5OS. The van der Waals surface area contributed by atoms with Crippen molar-refractivity contribution >= 4 is 23.1 Å². The van der Waals surface area contributed by atoms with Gasteiger partial charge in [-0.15, -0.1) is 10.2 Å². The van der Waals surface area contributed by atoms with Crippen molar-refractivity contribution in [1.29, 1.82) is 0 Å². The second-order valence-corrected chi connectivity index (χ2v) is 9.71. The van der Waals surface area contributed by atoms with Crippen molar-refractivity contribution in [3.8, 4) is 21.1 Å². The van der Waals surface area contributed by atoms with E-state index in [1.165, 1.54) is 16.7 Å². The molecule has 0 aliphatic heterocycles. The molecule has 0 radical (unpaired) electrons. The van der Waals surface area contributed by atoms with Crippen LogP contribution in [0, 0.1) is 5.92 Å². The number of hydrogen-bond acceptors (Lipinski definition) is 5. The van der Waals surface area contributed by atoms with Crippen LogP contribution in [0.3, 0.4) is 0 Å². The molecule has 0 saturated heterocycles. The van der Waals surface area contributed by atoms with Gasteiger partial charge >= 0.3 is 6.03 Å². The SMILES string of the molecule is CC(C)Cc1ccc(-c2nnc(-c3cccc4c3CC[C@@H]4NC(=O)N(C)C)s2)cc1N. The molecule has 0 spiro atoms. The quantitative estimate of drug-likeness (QED) is 0.558. The molecule has 1 atom stereocenters. The standard InChI is InChI=1S/C24H29N5OS/c1-14(2)12-15-8-9-16(13-20(15)25)22-27-28-23(31-22)19-7-5-6-18-17(19)10-11-21(18)26-24(30)29(3)4/h5-9,13-14,21H,10-12,25H2,1-4H3,(H,26,30)/t21-/m0/s1. The molecule has 6 nitrogen and oxygen atoms in total. The molecule has 7 heteroatoms. The second-order valence-electron chi connectivity index (χ2n) is 8.73. The molecule has 0 unspecified atom stereocenters. The van der Waals surface area contributed by atoms with Crippen molar-refractivity contribution in [2.24, 2.45) is 5.92 Å². The zero-order valence-corrected chi connectivity index (χ0v) is 19.3. The Morgan fingerprint density at radius 2 is 2.00 bits per heavy atom. The molecular weight excluding hydrogens is 406 g/mol. The predicted molar refractivity (Wildman–Crippen MR) is 127 cm³/mol. The van der Waals surface area contributed by atoms with E-state index in [9.17, 15) is 4.79 Å². The van der Waals surface area contributed by atoms with E-state index >= 15 is 0 Å². The molecule has 1 aliphatic carbocycles. The highest BCUT2D eigenvalue weighted by atomic mass is 32.1. The molecule has 1 heterocycles. The number of hydrogen-bond donors (Lipinski definition) is 2. The van der Waals surface area contributed by atoms with Gasteiger partial charge in [0.1, 0.15) is 10.0 Å². The van der Waals surface area contributed by atoms with Crippen molar-refractivity contribution in [3.63, 3.8) is 0 Å². The molecule has 162 valence electrons. The van der Waals surface area contributed by atoms with Crippen LogP contribution in [-0.4, -0.2) is 35.2 Å². The van der Waals surface area contributed by atoms with E-state index in [1.54, 1.807) is 30.3 Å². The highest BCUT2D eigenvalue weighted by molar-refractivity contribution is 7.17. The summed E-state index contributed by atoms with van der Waals surface area (Å²) in [7, 11) is 3.51. The first-order valence-corrected chi connectivity index (χ1v) is 11.5. The van der Waals surface area contributed by atoms with Crippen molar-refractivity contribution in [3.05, 3.63) is 53.1 Å². The number of amides is 2. The Hall–Kier alpha value is -2.93. The zero-order valence-electron chi connectivity index (χ0n) is 18.5. The van der Waals surface area contributed by atoms with Gasteiger partial charge in [0.2, 0.25) is 0 Å². The number of carbonyl (C=O) groups excluding carboxylic acids is 1. The zero-order chi connectivity index (χ0) is 22.1. The van der Waals surface area contributed by atoms with Crippen LogP contribution in [0.2, 0.25) is 0 Å². The number of fused-ring (bicyclic) bond motifs is 1. The van der Waals surface area contributed by atoms with E-state index in [1.807, 2.05) is 12.1 Å². The van der Waals surface area contributed by atoms with Gasteiger partial charge in [0.25, 0.3) is 0 Å². The topological polar surface area (TPSA) is 84.1 Å². The number of nitrogens with zero attached hydrogens (tertiary/aromatic N) is 3. The van der Waals surface area contributed by atoms with Crippen LogP contribution >= 0.6 is 11.3 Å². The van der Waals surface area contributed by atoms with Gasteiger partial charge in [-0.05, 0) is 47.9 Å². The smallest absolute Gasteiger partial charge is 0.317 e. The molecule has 1 aromatic heterocycles. The molecule has 4 rings (SSSR count). The number of aromatic nitrogens is 2. The minimum absolute atomic E-state index is 0.0329. The molecule has 0 bridgehead atoms. The fourth-order valence-electron chi connectivity index (χ4n) is 4.09. The predicted octanol–water partition coefficient (Wildman–Crippen LogP) is 4.91. The Morgan fingerprint density at radius 3 is 2.71 bits per heavy atom. The van der Waals surface area contributed by atoms with E-state index in [0.29, 0.717) is 5.92 Å². The van der Waals surface area contributed by atoms with Crippen LogP contribution in [0.25, 0.3) is 21.1 Å². The largest absolute Gasteiger partial charge is 0.398 e. The van der Waals surface area contributed by atoms with E-state index in [2.05, 4.69) is 53.6 Å². The monoisotopic (exact) mass is 435 g/mol. The average molecular weight is 436 g/mol. The number of anilines is 1. The van der Waals surface area contributed by atoms with Crippen LogP contribution in [0.4, 0.5) is 10.5 Å². The van der Waals surface area contributed by atoms with E-state index < -0.39 is 0 Å². The summed E-state index contributed by atoms with van der Waals surface area (Å²) in [6.07, 6.45) is 2.77. The highest BCUT2D eigenvalue weighted by Crippen LogP contribution is 2.40. The lowest BCUT2D eigenvalue weighted by atomic mass is 10.00. The Balaban J connectivity index is 1.60. The van der Waals surface area contributed by atoms with Gasteiger partial charge in [-0.25, -0.2) is 4.79 Å².